The van der Waals surface area contributed by atoms with Crippen molar-refractivity contribution in [3.05, 3.63) is 94.0 Å². The summed E-state index contributed by atoms with van der Waals surface area (Å²) in [7, 11) is 0. The van der Waals surface area contributed by atoms with Gasteiger partial charge in [0.2, 0.25) is 0 Å². The maximum absolute atomic E-state index is 13.0. The average Bonchev–Trinajstić information content (AvgIpc) is 3.14. The number of benzene rings is 3. The molecule has 0 fully saturated rings. The first-order valence-corrected chi connectivity index (χ1v) is 10.5. The van der Waals surface area contributed by atoms with E-state index < -0.39 is 0 Å². The summed E-state index contributed by atoms with van der Waals surface area (Å²) < 4.78 is 0. The number of anilines is 2. The third kappa shape index (κ3) is 4.77. The quantitative estimate of drug-likeness (QED) is 0.622. The molecule has 0 radical (unpaired) electrons. The smallest absolute Gasteiger partial charge is 0.319 e. The molecule has 0 atom stereocenters. The zero-order valence-corrected chi connectivity index (χ0v) is 18.2. The Morgan fingerprint density at radius 2 is 1.68 bits per heavy atom. The van der Waals surface area contributed by atoms with Gasteiger partial charge in [-0.2, -0.15) is 0 Å². The summed E-state index contributed by atoms with van der Waals surface area (Å²) in [4.78, 5) is 27.2. The van der Waals surface area contributed by atoms with Crippen LogP contribution in [0.25, 0.3) is 0 Å². The van der Waals surface area contributed by atoms with E-state index in [2.05, 4.69) is 22.8 Å². The fraction of sp³-hybridized carbons (Fsp3) is 0.231. The van der Waals surface area contributed by atoms with Crippen LogP contribution in [0.3, 0.4) is 0 Å². The molecule has 0 aliphatic carbocycles. The van der Waals surface area contributed by atoms with Gasteiger partial charge in [-0.3, -0.25) is 4.79 Å². The van der Waals surface area contributed by atoms with E-state index in [1.807, 2.05) is 74.2 Å². The van der Waals surface area contributed by atoms with Crippen molar-refractivity contribution in [3.63, 3.8) is 0 Å². The Morgan fingerprint density at radius 1 is 0.903 bits per heavy atom. The lowest BCUT2D eigenvalue weighted by atomic mass is 10.1. The van der Waals surface area contributed by atoms with Crippen molar-refractivity contribution in [3.8, 4) is 0 Å². The molecule has 4 rings (SSSR count). The fourth-order valence-electron chi connectivity index (χ4n) is 4.08. The van der Waals surface area contributed by atoms with Gasteiger partial charge >= 0.3 is 6.03 Å². The van der Waals surface area contributed by atoms with Crippen LogP contribution in [0.15, 0.2) is 60.7 Å². The van der Waals surface area contributed by atoms with E-state index >= 15 is 0 Å². The summed E-state index contributed by atoms with van der Waals surface area (Å²) in [5.41, 5.74) is 7.80. The van der Waals surface area contributed by atoms with Crippen LogP contribution < -0.4 is 15.5 Å². The normalized spacial score (nSPS) is 12.4. The number of nitrogens with zero attached hydrogens (tertiary/aromatic N) is 1. The van der Waals surface area contributed by atoms with E-state index in [0.29, 0.717) is 18.7 Å². The van der Waals surface area contributed by atoms with Crippen LogP contribution in [0.2, 0.25) is 0 Å². The van der Waals surface area contributed by atoms with Gasteiger partial charge in [-0.25, -0.2) is 4.79 Å². The molecule has 0 spiro atoms. The van der Waals surface area contributed by atoms with Crippen molar-refractivity contribution < 1.29 is 9.59 Å². The second kappa shape index (κ2) is 8.64. The molecule has 0 saturated carbocycles. The Morgan fingerprint density at radius 3 is 2.42 bits per heavy atom. The fourth-order valence-corrected chi connectivity index (χ4v) is 4.08. The lowest BCUT2D eigenvalue weighted by molar-refractivity contribution is 0.0989. The average molecular weight is 414 g/mol. The molecule has 3 amide bonds. The second-order valence-electron chi connectivity index (χ2n) is 8.22. The summed E-state index contributed by atoms with van der Waals surface area (Å²) in [5.74, 6) is 0.0140. The maximum atomic E-state index is 13.0. The van der Waals surface area contributed by atoms with E-state index in [-0.39, 0.29) is 11.9 Å². The number of hydrogen-bond donors (Lipinski definition) is 2. The van der Waals surface area contributed by atoms with Gasteiger partial charge in [0.1, 0.15) is 0 Å². The van der Waals surface area contributed by atoms with E-state index in [4.69, 9.17) is 0 Å². The van der Waals surface area contributed by atoms with E-state index in [9.17, 15) is 9.59 Å². The SMILES string of the molecule is Cc1cc(C)cc(NC(=O)NCc2ccc3c(c2)N(C(=O)c2cccc(C)c2)CC3)c1. The molecule has 0 saturated heterocycles. The molecule has 3 aromatic carbocycles. The summed E-state index contributed by atoms with van der Waals surface area (Å²) in [6, 6.07) is 19.4. The lowest BCUT2D eigenvalue weighted by Gasteiger charge is -2.18. The van der Waals surface area contributed by atoms with Gasteiger partial charge in [0.05, 0.1) is 0 Å². The summed E-state index contributed by atoms with van der Waals surface area (Å²) >= 11 is 0. The number of carbonyl (C=O) groups is 2. The first kappa shape index (κ1) is 20.7. The van der Waals surface area contributed by atoms with E-state index in [1.165, 1.54) is 0 Å². The van der Waals surface area contributed by atoms with Crippen molar-refractivity contribution in [1.29, 1.82) is 0 Å². The largest absolute Gasteiger partial charge is 0.334 e. The molecule has 5 heteroatoms. The van der Waals surface area contributed by atoms with Gasteiger partial charge in [-0.05, 0) is 79.8 Å². The minimum absolute atomic E-state index is 0.0140. The number of aryl methyl sites for hydroxylation is 3. The summed E-state index contributed by atoms with van der Waals surface area (Å²) in [5, 5.41) is 5.79. The van der Waals surface area contributed by atoms with Crippen molar-refractivity contribution in [2.45, 2.75) is 33.7 Å². The zero-order chi connectivity index (χ0) is 22.0. The topological polar surface area (TPSA) is 61.4 Å². The molecule has 31 heavy (non-hydrogen) atoms. The molecule has 1 aliphatic heterocycles. The monoisotopic (exact) mass is 413 g/mol. The number of amides is 3. The second-order valence-corrected chi connectivity index (χ2v) is 8.22. The molecule has 1 aliphatic rings. The van der Waals surface area contributed by atoms with Gasteiger partial charge in [-0.1, -0.05) is 35.9 Å². The van der Waals surface area contributed by atoms with Gasteiger partial charge in [0.25, 0.3) is 5.91 Å². The van der Waals surface area contributed by atoms with Gasteiger partial charge in [-0.15, -0.1) is 0 Å². The molecule has 1 heterocycles. The van der Waals surface area contributed by atoms with Gasteiger partial charge in [0.15, 0.2) is 0 Å². The molecule has 0 bridgehead atoms. The van der Waals surface area contributed by atoms with Crippen LogP contribution >= 0.6 is 0 Å². The predicted molar refractivity (Wildman–Crippen MR) is 125 cm³/mol. The van der Waals surface area contributed by atoms with Crippen molar-refractivity contribution in [2.24, 2.45) is 0 Å². The molecule has 2 N–H and O–H groups in total. The van der Waals surface area contributed by atoms with Crippen LogP contribution in [0.1, 0.15) is 38.2 Å². The number of urea groups is 1. The number of rotatable bonds is 4. The number of nitrogens with one attached hydrogen (secondary N) is 2. The zero-order valence-electron chi connectivity index (χ0n) is 18.2. The van der Waals surface area contributed by atoms with Crippen LogP contribution in [0, 0.1) is 20.8 Å². The Hall–Kier alpha value is -3.60. The van der Waals surface area contributed by atoms with Crippen LogP contribution in [0.4, 0.5) is 16.2 Å². The molecule has 3 aromatic rings. The Kier molecular flexibility index (Phi) is 5.76. The highest BCUT2D eigenvalue weighted by atomic mass is 16.2. The Bertz CT molecular complexity index is 1130. The highest BCUT2D eigenvalue weighted by Crippen LogP contribution is 2.30. The first-order valence-electron chi connectivity index (χ1n) is 10.5. The predicted octanol–water partition coefficient (Wildman–Crippen LogP) is 5.14. The third-order valence-corrected chi connectivity index (χ3v) is 5.49. The van der Waals surface area contributed by atoms with Crippen LogP contribution in [-0.2, 0) is 13.0 Å². The lowest BCUT2D eigenvalue weighted by Crippen LogP contribution is -2.29. The standard InChI is InChI=1S/C26H27N3O2/c1-17-5-4-6-22(12-17)25(30)29-10-9-21-8-7-20(15-24(21)29)16-27-26(31)28-23-13-18(2)11-19(3)14-23/h4-8,11-15H,9-10,16H2,1-3H3,(H2,27,28,31). The number of carbonyl (C=O) groups excluding carboxylic acids is 2. The summed E-state index contributed by atoms with van der Waals surface area (Å²) in [6.45, 7) is 7.05. The highest BCUT2D eigenvalue weighted by molar-refractivity contribution is 6.07. The molecule has 158 valence electrons. The Balaban J connectivity index is 1.44. The van der Waals surface area contributed by atoms with Crippen LogP contribution in [0.5, 0.6) is 0 Å². The van der Waals surface area contributed by atoms with Gasteiger partial charge < -0.3 is 15.5 Å². The number of hydrogen-bond acceptors (Lipinski definition) is 2. The molecule has 0 aromatic heterocycles. The van der Waals surface area contributed by atoms with Gasteiger partial charge in [0, 0.05) is 30.0 Å². The van der Waals surface area contributed by atoms with Crippen molar-refractivity contribution in [2.75, 3.05) is 16.8 Å². The van der Waals surface area contributed by atoms with Crippen molar-refractivity contribution >= 4 is 23.3 Å². The van der Waals surface area contributed by atoms with Crippen molar-refractivity contribution in [1.82, 2.24) is 5.32 Å². The first-order chi connectivity index (χ1) is 14.9. The molecule has 5 nitrogen and oxygen atoms in total. The van der Waals surface area contributed by atoms with E-state index in [1.54, 1.807) is 0 Å². The molecular weight excluding hydrogens is 386 g/mol. The minimum atomic E-state index is -0.252. The Labute approximate surface area is 183 Å². The third-order valence-electron chi connectivity index (χ3n) is 5.49. The highest BCUT2D eigenvalue weighted by Gasteiger charge is 2.25. The molecular formula is C26H27N3O2. The summed E-state index contributed by atoms with van der Waals surface area (Å²) in [6.07, 6.45) is 0.841. The number of fused-ring (bicyclic) bond motifs is 1. The van der Waals surface area contributed by atoms with Crippen LogP contribution in [-0.4, -0.2) is 18.5 Å². The molecule has 0 unspecified atom stereocenters. The minimum Gasteiger partial charge on any atom is -0.334 e. The maximum Gasteiger partial charge on any atom is 0.319 e. The van der Waals surface area contributed by atoms with E-state index in [0.717, 1.165) is 45.6 Å².